The fourth-order valence-electron chi connectivity index (χ4n) is 6.91. The number of hydrogen-bond donors (Lipinski definition) is 0. The quantitative estimate of drug-likeness (QED) is 0.461. The highest BCUT2D eigenvalue weighted by molar-refractivity contribution is 5.98. The molecule has 2 aliphatic carbocycles. The fraction of sp³-hybridized carbons (Fsp3) is 0.692. The van der Waals surface area contributed by atoms with E-state index in [1.807, 2.05) is 0 Å². The summed E-state index contributed by atoms with van der Waals surface area (Å²) in [6, 6.07) is 6.48. The standard InChI is InChI=1S/C26H36N2O3.ClH/c1-31-22-8-6-7-19-15-20-18-27(14-9-21(20)25(19)22)12-4-5-13-28-23(29)16-26(17-24(28)30)10-2-3-11-26;/h6-8,20-21H,2-5,9-18H2,1H3;1H/t20-,21?;/m1./s1. The number of fused-ring (bicyclic) bond motifs is 3. The number of carbonyl (C=O) groups excluding carboxylic acids is 2. The number of likely N-dealkylation sites (tertiary alicyclic amines) is 2. The lowest BCUT2D eigenvalue weighted by molar-refractivity contribution is -0.153. The lowest BCUT2D eigenvalue weighted by Gasteiger charge is -2.37. The number of nitrogens with zero attached hydrogens (tertiary/aromatic N) is 2. The predicted molar refractivity (Wildman–Crippen MR) is 127 cm³/mol. The van der Waals surface area contributed by atoms with Gasteiger partial charge in [0, 0.05) is 31.5 Å². The zero-order chi connectivity index (χ0) is 21.4. The van der Waals surface area contributed by atoms with E-state index in [2.05, 4.69) is 23.1 Å². The number of amides is 2. The Morgan fingerprint density at radius 2 is 1.78 bits per heavy atom. The Kier molecular flexibility index (Phi) is 7.16. The van der Waals surface area contributed by atoms with E-state index in [9.17, 15) is 9.59 Å². The number of ether oxygens (including phenoxy) is 1. The van der Waals surface area contributed by atoms with Crippen LogP contribution in [0, 0.1) is 11.3 Å². The molecule has 1 spiro atoms. The van der Waals surface area contributed by atoms with Crippen LogP contribution in [0.1, 0.15) is 74.8 Å². The number of unbranched alkanes of at least 4 members (excludes halogenated alkanes) is 1. The predicted octanol–water partition coefficient (Wildman–Crippen LogP) is 4.57. The third-order valence-corrected chi connectivity index (χ3v) is 8.47. The van der Waals surface area contributed by atoms with E-state index in [1.54, 1.807) is 12.0 Å². The first-order valence-corrected chi connectivity index (χ1v) is 12.3. The van der Waals surface area contributed by atoms with Crippen LogP contribution in [0.5, 0.6) is 5.75 Å². The van der Waals surface area contributed by atoms with Crippen molar-refractivity contribution in [2.24, 2.45) is 11.3 Å². The Morgan fingerprint density at radius 3 is 2.50 bits per heavy atom. The molecule has 2 atom stereocenters. The van der Waals surface area contributed by atoms with E-state index in [4.69, 9.17) is 4.74 Å². The van der Waals surface area contributed by atoms with Gasteiger partial charge in [0.2, 0.25) is 11.8 Å². The Bertz CT molecular complexity index is 831. The minimum atomic E-state index is 0. The van der Waals surface area contributed by atoms with Gasteiger partial charge in [-0.15, -0.1) is 12.4 Å². The summed E-state index contributed by atoms with van der Waals surface area (Å²) < 4.78 is 5.64. The molecule has 2 heterocycles. The van der Waals surface area contributed by atoms with Crippen molar-refractivity contribution in [3.8, 4) is 5.75 Å². The Balaban J connectivity index is 0.00000245. The van der Waals surface area contributed by atoms with Crippen LogP contribution < -0.4 is 4.74 Å². The van der Waals surface area contributed by atoms with Crippen LogP contribution in [0.15, 0.2) is 18.2 Å². The van der Waals surface area contributed by atoms with E-state index in [1.165, 1.54) is 30.4 Å². The second-order valence-corrected chi connectivity index (χ2v) is 10.4. The number of hydrogen-bond acceptors (Lipinski definition) is 4. The molecule has 1 saturated carbocycles. The molecule has 176 valence electrons. The summed E-state index contributed by atoms with van der Waals surface area (Å²) in [6.45, 7) is 3.95. The molecule has 2 amide bonds. The highest BCUT2D eigenvalue weighted by Crippen LogP contribution is 2.48. The average Bonchev–Trinajstić information content (AvgIpc) is 3.36. The van der Waals surface area contributed by atoms with Gasteiger partial charge in [0.25, 0.3) is 0 Å². The molecule has 32 heavy (non-hydrogen) atoms. The molecule has 2 saturated heterocycles. The first-order chi connectivity index (χ1) is 15.1. The van der Waals surface area contributed by atoms with Crippen molar-refractivity contribution in [2.45, 2.75) is 70.1 Å². The van der Waals surface area contributed by atoms with Gasteiger partial charge in [0.05, 0.1) is 7.11 Å². The summed E-state index contributed by atoms with van der Waals surface area (Å²) in [7, 11) is 1.78. The molecular formula is C26H37ClN2O3. The second-order valence-electron chi connectivity index (χ2n) is 10.4. The molecule has 2 aliphatic heterocycles. The zero-order valence-corrected chi connectivity index (χ0v) is 20.1. The van der Waals surface area contributed by atoms with Crippen molar-refractivity contribution in [1.82, 2.24) is 9.80 Å². The van der Waals surface area contributed by atoms with E-state index < -0.39 is 0 Å². The highest BCUT2D eigenvalue weighted by Gasteiger charge is 2.44. The first-order valence-electron chi connectivity index (χ1n) is 12.3. The molecule has 0 N–H and O–H groups in total. The van der Waals surface area contributed by atoms with Crippen molar-refractivity contribution in [3.63, 3.8) is 0 Å². The summed E-state index contributed by atoms with van der Waals surface area (Å²) in [5, 5.41) is 0. The van der Waals surface area contributed by atoms with E-state index in [0.717, 1.165) is 57.5 Å². The van der Waals surface area contributed by atoms with Crippen LogP contribution in [-0.2, 0) is 16.0 Å². The van der Waals surface area contributed by atoms with Crippen LogP contribution in [0.3, 0.4) is 0 Å². The van der Waals surface area contributed by atoms with Crippen molar-refractivity contribution in [1.29, 1.82) is 0 Å². The summed E-state index contributed by atoms with van der Waals surface area (Å²) >= 11 is 0. The maximum absolute atomic E-state index is 12.6. The van der Waals surface area contributed by atoms with Crippen LogP contribution in [0.25, 0.3) is 0 Å². The molecule has 0 bridgehead atoms. The second kappa shape index (κ2) is 9.72. The molecule has 0 radical (unpaired) electrons. The molecule has 5 rings (SSSR count). The van der Waals surface area contributed by atoms with Gasteiger partial charge in [-0.25, -0.2) is 0 Å². The largest absolute Gasteiger partial charge is 0.496 e. The Morgan fingerprint density at radius 1 is 1.06 bits per heavy atom. The monoisotopic (exact) mass is 460 g/mol. The maximum atomic E-state index is 12.6. The molecule has 0 aromatic heterocycles. The minimum Gasteiger partial charge on any atom is -0.496 e. The summed E-state index contributed by atoms with van der Waals surface area (Å²) in [4.78, 5) is 29.4. The number of piperidine rings is 2. The number of rotatable bonds is 6. The smallest absolute Gasteiger partial charge is 0.229 e. The maximum Gasteiger partial charge on any atom is 0.229 e. The topological polar surface area (TPSA) is 49.9 Å². The van der Waals surface area contributed by atoms with Gasteiger partial charge in [-0.3, -0.25) is 14.5 Å². The van der Waals surface area contributed by atoms with Crippen LogP contribution in [0.2, 0.25) is 0 Å². The number of carbonyl (C=O) groups is 2. The van der Waals surface area contributed by atoms with E-state index in [-0.39, 0.29) is 29.6 Å². The van der Waals surface area contributed by atoms with Gasteiger partial charge < -0.3 is 9.64 Å². The SMILES string of the molecule is COc1cccc2c1C1CCN(CCCCN3C(=O)CC4(CCCC4)CC3=O)C[C@H]1C2.Cl. The lowest BCUT2D eigenvalue weighted by atomic mass is 9.76. The van der Waals surface area contributed by atoms with Crippen LogP contribution in [0.4, 0.5) is 0 Å². The number of benzene rings is 1. The van der Waals surface area contributed by atoms with Gasteiger partial charge in [0.1, 0.15) is 5.75 Å². The Hall–Kier alpha value is -1.59. The molecular weight excluding hydrogens is 424 g/mol. The Labute approximate surface area is 198 Å². The van der Waals surface area contributed by atoms with Gasteiger partial charge in [-0.2, -0.15) is 0 Å². The van der Waals surface area contributed by atoms with Crippen molar-refractivity contribution < 1.29 is 14.3 Å². The summed E-state index contributed by atoms with van der Waals surface area (Å²) in [5.41, 5.74) is 2.94. The minimum absolute atomic E-state index is 0. The van der Waals surface area contributed by atoms with Gasteiger partial charge in [-0.05, 0) is 80.5 Å². The first kappa shape index (κ1) is 23.6. The molecule has 1 aromatic rings. The van der Waals surface area contributed by atoms with Gasteiger partial charge >= 0.3 is 0 Å². The average molecular weight is 461 g/mol. The molecule has 4 aliphatic rings. The van der Waals surface area contributed by atoms with E-state index in [0.29, 0.717) is 31.2 Å². The molecule has 3 fully saturated rings. The zero-order valence-electron chi connectivity index (χ0n) is 19.3. The van der Waals surface area contributed by atoms with Crippen molar-refractivity contribution in [2.75, 3.05) is 33.3 Å². The van der Waals surface area contributed by atoms with Crippen molar-refractivity contribution in [3.05, 3.63) is 29.3 Å². The van der Waals surface area contributed by atoms with Crippen LogP contribution in [-0.4, -0.2) is 54.9 Å². The van der Waals surface area contributed by atoms with Gasteiger partial charge in [0.15, 0.2) is 0 Å². The lowest BCUT2D eigenvalue weighted by Crippen LogP contribution is -2.47. The summed E-state index contributed by atoms with van der Waals surface area (Å²) in [5.74, 6) is 2.55. The molecule has 1 unspecified atom stereocenters. The fourth-order valence-corrected chi connectivity index (χ4v) is 6.91. The third-order valence-electron chi connectivity index (χ3n) is 8.47. The normalized spacial score (nSPS) is 26.7. The number of halogens is 1. The molecule has 1 aromatic carbocycles. The number of methoxy groups -OCH3 is 1. The number of imide groups is 1. The molecule has 6 heteroatoms. The van der Waals surface area contributed by atoms with Crippen LogP contribution >= 0.6 is 12.4 Å². The van der Waals surface area contributed by atoms with Gasteiger partial charge in [-0.1, -0.05) is 25.0 Å². The third kappa shape index (κ3) is 4.43. The molecule has 5 nitrogen and oxygen atoms in total. The summed E-state index contributed by atoms with van der Waals surface area (Å²) in [6.07, 6.45) is 9.99. The highest BCUT2D eigenvalue weighted by atomic mass is 35.5. The van der Waals surface area contributed by atoms with E-state index >= 15 is 0 Å². The van der Waals surface area contributed by atoms with Crippen molar-refractivity contribution >= 4 is 24.2 Å².